The van der Waals surface area contributed by atoms with Gasteiger partial charge in [-0.15, -0.1) is 17.5 Å². The molecule has 0 aliphatic heterocycles. The largest absolute Gasteiger partial charge is 0.369 e. The molecule has 0 radical (unpaired) electrons. The van der Waals surface area contributed by atoms with Gasteiger partial charge in [0.25, 0.3) is 0 Å². The molecule has 0 aromatic carbocycles. The molecule has 0 atom stereocenters. The molecule has 0 aliphatic rings. The Morgan fingerprint density at radius 1 is 1.62 bits per heavy atom. The number of hydrazone groups is 1. The molecule has 0 unspecified atom stereocenters. The lowest BCUT2D eigenvalue weighted by molar-refractivity contribution is 0.779. The molecule has 5 N–H and O–H groups in total. The van der Waals surface area contributed by atoms with Gasteiger partial charge < -0.3 is 16.9 Å². The number of nitrogens with one attached hydrogen (secondary N) is 1. The lowest BCUT2D eigenvalue weighted by atomic mass is 10.8. The van der Waals surface area contributed by atoms with Crippen LogP contribution in [0.4, 0.5) is 0 Å². The third-order valence-corrected chi connectivity index (χ3v) is 0.366. The predicted octanol–water partition coefficient (Wildman–Crippen LogP) is -0.794. The van der Waals surface area contributed by atoms with Gasteiger partial charge in [-0.25, -0.2) is 0 Å². The van der Waals surface area contributed by atoms with E-state index in [4.69, 9.17) is 11.5 Å². The first-order chi connectivity index (χ1) is 3.27. The Kier molecular flexibility index (Phi) is 8.24. The summed E-state index contributed by atoms with van der Waals surface area (Å²) in [6, 6.07) is 0. The highest BCUT2D eigenvalue weighted by atomic mass is 35.5. The Labute approximate surface area is 54.7 Å². The SMILES string of the molecule is CCNN=C(N)N.Cl. The van der Waals surface area contributed by atoms with E-state index in [1.54, 1.807) is 0 Å². The third-order valence-electron chi connectivity index (χ3n) is 0.366. The number of hydrogen-bond donors (Lipinski definition) is 3. The van der Waals surface area contributed by atoms with E-state index >= 15 is 0 Å². The number of halogens is 1. The number of hydrogen-bond acceptors (Lipinski definition) is 2. The zero-order valence-corrected chi connectivity index (χ0v) is 5.53. The van der Waals surface area contributed by atoms with E-state index < -0.39 is 0 Å². The molecule has 0 saturated heterocycles. The summed E-state index contributed by atoms with van der Waals surface area (Å²) in [6.45, 7) is 2.66. The monoisotopic (exact) mass is 138 g/mol. The van der Waals surface area contributed by atoms with Crippen molar-refractivity contribution in [3.63, 3.8) is 0 Å². The van der Waals surface area contributed by atoms with Gasteiger partial charge in [0.15, 0.2) is 0 Å². The van der Waals surface area contributed by atoms with Crippen LogP contribution in [0.1, 0.15) is 6.92 Å². The number of guanidine groups is 1. The van der Waals surface area contributed by atoms with Gasteiger partial charge in [-0.2, -0.15) is 0 Å². The minimum Gasteiger partial charge on any atom is -0.369 e. The van der Waals surface area contributed by atoms with Gasteiger partial charge in [0.2, 0.25) is 5.96 Å². The quantitative estimate of drug-likeness (QED) is 0.266. The molecule has 0 bridgehead atoms. The normalized spacial score (nSPS) is 6.62. The van der Waals surface area contributed by atoms with Crippen LogP contribution in [0.2, 0.25) is 0 Å². The molecular weight excluding hydrogens is 128 g/mol. The second kappa shape index (κ2) is 6.36. The van der Waals surface area contributed by atoms with Crippen molar-refractivity contribution in [3.8, 4) is 0 Å². The standard InChI is InChI=1S/C3H10N4.ClH/c1-2-6-7-3(4)5;/h6H,2H2,1H3,(H4,4,5,7);1H. The Balaban J connectivity index is 0. The molecule has 0 rings (SSSR count). The Bertz CT molecular complexity index is 67.7. The summed E-state index contributed by atoms with van der Waals surface area (Å²) in [5.74, 6) is 0.0712. The molecule has 0 spiro atoms. The van der Waals surface area contributed by atoms with Gasteiger partial charge in [-0.05, 0) is 6.92 Å². The van der Waals surface area contributed by atoms with Crippen LogP contribution in [-0.2, 0) is 0 Å². The smallest absolute Gasteiger partial charge is 0.208 e. The summed E-state index contributed by atoms with van der Waals surface area (Å²) in [6.07, 6.45) is 0. The highest BCUT2D eigenvalue weighted by molar-refractivity contribution is 5.85. The fraction of sp³-hybridized carbons (Fsp3) is 0.667. The van der Waals surface area contributed by atoms with Crippen molar-refractivity contribution in [1.29, 1.82) is 0 Å². The first kappa shape index (κ1) is 10.4. The van der Waals surface area contributed by atoms with E-state index in [-0.39, 0.29) is 18.4 Å². The van der Waals surface area contributed by atoms with Crippen molar-refractivity contribution in [1.82, 2.24) is 5.43 Å². The van der Waals surface area contributed by atoms with E-state index in [0.717, 1.165) is 6.54 Å². The molecule has 0 aromatic rings. The molecule has 0 heterocycles. The van der Waals surface area contributed by atoms with Crippen molar-refractivity contribution >= 4 is 18.4 Å². The number of nitrogens with zero attached hydrogens (tertiary/aromatic N) is 1. The summed E-state index contributed by atoms with van der Waals surface area (Å²) in [7, 11) is 0. The van der Waals surface area contributed by atoms with Crippen molar-refractivity contribution in [2.24, 2.45) is 16.6 Å². The maximum absolute atomic E-state index is 4.94. The van der Waals surface area contributed by atoms with Crippen molar-refractivity contribution < 1.29 is 0 Å². The minimum atomic E-state index is 0. The molecule has 50 valence electrons. The van der Waals surface area contributed by atoms with Gasteiger partial charge >= 0.3 is 0 Å². The first-order valence-corrected chi connectivity index (χ1v) is 2.09. The van der Waals surface area contributed by atoms with E-state index in [9.17, 15) is 0 Å². The van der Waals surface area contributed by atoms with Gasteiger partial charge in [0, 0.05) is 6.54 Å². The van der Waals surface area contributed by atoms with E-state index in [1.165, 1.54) is 0 Å². The third kappa shape index (κ3) is 9.03. The van der Waals surface area contributed by atoms with Crippen LogP contribution >= 0.6 is 12.4 Å². The highest BCUT2D eigenvalue weighted by Gasteiger charge is 1.71. The molecule has 5 heteroatoms. The second-order valence-electron chi connectivity index (χ2n) is 1.05. The van der Waals surface area contributed by atoms with Gasteiger partial charge in [0.05, 0.1) is 0 Å². The Hall–Kier alpha value is -0.640. The highest BCUT2D eigenvalue weighted by Crippen LogP contribution is 1.52. The summed E-state index contributed by atoms with van der Waals surface area (Å²) in [5, 5.41) is 3.47. The molecule has 0 amide bonds. The van der Waals surface area contributed by atoms with Crippen LogP contribution in [-0.4, -0.2) is 12.5 Å². The molecular formula is C3H11ClN4. The van der Waals surface area contributed by atoms with E-state index in [1.807, 2.05) is 6.92 Å². The molecule has 0 aromatic heterocycles. The Morgan fingerprint density at radius 3 is 2.25 bits per heavy atom. The predicted molar refractivity (Wildman–Crippen MR) is 36.7 cm³/mol. The molecule has 0 saturated carbocycles. The molecule has 8 heavy (non-hydrogen) atoms. The van der Waals surface area contributed by atoms with Crippen LogP contribution in [0.3, 0.4) is 0 Å². The average Bonchev–Trinajstić information content (AvgIpc) is 1.61. The van der Waals surface area contributed by atoms with Crippen LogP contribution < -0.4 is 16.9 Å². The summed E-state index contributed by atoms with van der Waals surface area (Å²) in [5.41, 5.74) is 12.5. The van der Waals surface area contributed by atoms with Crippen molar-refractivity contribution in [2.75, 3.05) is 6.54 Å². The number of nitrogens with two attached hydrogens (primary N) is 2. The topological polar surface area (TPSA) is 76.4 Å². The lowest BCUT2D eigenvalue weighted by Gasteiger charge is -1.90. The van der Waals surface area contributed by atoms with Gasteiger partial charge in [-0.1, -0.05) is 0 Å². The van der Waals surface area contributed by atoms with Crippen LogP contribution in [0, 0.1) is 0 Å². The lowest BCUT2D eigenvalue weighted by Crippen LogP contribution is -2.26. The number of rotatable bonds is 2. The zero-order chi connectivity index (χ0) is 5.70. The average molecular weight is 139 g/mol. The van der Waals surface area contributed by atoms with Gasteiger partial charge in [-0.3, -0.25) is 0 Å². The maximum atomic E-state index is 4.94. The van der Waals surface area contributed by atoms with Gasteiger partial charge in [0.1, 0.15) is 0 Å². The maximum Gasteiger partial charge on any atom is 0.208 e. The molecule has 0 aliphatic carbocycles. The van der Waals surface area contributed by atoms with Crippen LogP contribution in [0.5, 0.6) is 0 Å². The molecule has 0 fully saturated rings. The zero-order valence-electron chi connectivity index (χ0n) is 4.72. The summed E-state index contributed by atoms with van der Waals surface area (Å²) in [4.78, 5) is 0. The Morgan fingerprint density at radius 2 is 2.12 bits per heavy atom. The van der Waals surface area contributed by atoms with Crippen LogP contribution in [0.25, 0.3) is 0 Å². The summed E-state index contributed by atoms with van der Waals surface area (Å²) >= 11 is 0. The van der Waals surface area contributed by atoms with Crippen molar-refractivity contribution in [2.45, 2.75) is 6.92 Å². The van der Waals surface area contributed by atoms with Crippen LogP contribution in [0.15, 0.2) is 5.10 Å². The fourth-order valence-electron chi connectivity index (χ4n) is 0.170. The first-order valence-electron chi connectivity index (χ1n) is 2.09. The van der Waals surface area contributed by atoms with Crippen molar-refractivity contribution in [3.05, 3.63) is 0 Å². The molecule has 4 nitrogen and oxygen atoms in total. The van der Waals surface area contributed by atoms with E-state index in [0.29, 0.717) is 0 Å². The summed E-state index contributed by atoms with van der Waals surface area (Å²) < 4.78 is 0. The second-order valence-corrected chi connectivity index (χ2v) is 1.05. The minimum absolute atomic E-state index is 0. The van der Waals surface area contributed by atoms with E-state index in [2.05, 4.69) is 10.5 Å². The fourth-order valence-corrected chi connectivity index (χ4v) is 0.170.